The molecule has 11 heteroatoms. The molecule has 1 N–H and O–H groups in total. The standard InChI is InChI=1S/C21H16ClFN4O4S/c1-12-7-19-24-6-5-20(28)27(19)11-15(12)13-8-17(21(31-2)25-10-13)26-32(29,30)18-4-3-14(23)9-16(18)22/h3-11,26H,1-2H3. The third-order valence-corrected chi connectivity index (χ3v) is 6.57. The fraction of sp³-hybridized carbons (Fsp3) is 0.0952. The van der Waals surface area contributed by atoms with Crippen molar-refractivity contribution in [3.63, 3.8) is 0 Å². The Morgan fingerprint density at radius 2 is 1.94 bits per heavy atom. The minimum absolute atomic E-state index is 0.0211. The van der Waals surface area contributed by atoms with Gasteiger partial charge in [0.05, 0.1) is 12.1 Å². The van der Waals surface area contributed by atoms with Crippen LogP contribution in [0, 0.1) is 12.7 Å². The van der Waals surface area contributed by atoms with Crippen molar-refractivity contribution in [2.45, 2.75) is 11.8 Å². The van der Waals surface area contributed by atoms with Gasteiger partial charge in [0, 0.05) is 35.8 Å². The maximum atomic E-state index is 13.3. The van der Waals surface area contributed by atoms with Crippen molar-refractivity contribution in [1.82, 2.24) is 14.4 Å². The van der Waals surface area contributed by atoms with E-state index in [1.54, 1.807) is 12.3 Å². The molecule has 0 saturated heterocycles. The first kappa shape index (κ1) is 21.7. The van der Waals surface area contributed by atoms with Crippen LogP contribution in [0.4, 0.5) is 10.1 Å². The number of nitrogens with one attached hydrogen (secondary N) is 1. The fourth-order valence-corrected chi connectivity index (χ4v) is 4.78. The maximum Gasteiger partial charge on any atom is 0.263 e. The van der Waals surface area contributed by atoms with Gasteiger partial charge in [0.25, 0.3) is 15.6 Å². The quantitative estimate of drug-likeness (QED) is 0.473. The van der Waals surface area contributed by atoms with Gasteiger partial charge in [-0.3, -0.25) is 13.9 Å². The van der Waals surface area contributed by atoms with Gasteiger partial charge < -0.3 is 4.74 Å². The molecule has 0 amide bonds. The van der Waals surface area contributed by atoms with Gasteiger partial charge in [-0.15, -0.1) is 0 Å². The fourth-order valence-electron chi connectivity index (χ4n) is 3.20. The van der Waals surface area contributed by atoms with Crippen LogP contribution < -0.4 is 15.0 Å². The first-order valence-electron chi connectivity index (χ1n) is 9.20. The maximum absolute atomic E-state index is 13.3. The second-order valence-corrected chi connectivity index (χ2v) is 8.90. The molecule has 0 bridgehead atoms. The predicted octanol–water partition coefficient (Wildman–Crippen LogP) is 3.67. The number of sulfonamides is 1. The average molecular weight is 475 g/mol. The van der Waals surface area contributed by atoms with Gasteiger partial charge in [0.15, 0.2) is 0 Å². The van der Waals surface area contributed by atoms with Crippen LogP contribution in [0.25, 0.3) is 16.8 Å². The number of fused-ring (bicyclic) bond motifs is 1. The Labute approximate surface area is 187 Å². The number of pyridine rings is 2. The molecule has 3 aromatic heterocycles. The first-order valence-corrected chi connectivity index (χ1v) is 11.1. The molecule has 32 heavy (non-hydrogen) atoms. The molecule has 0 saturated carbocycles. The summed E-state index contributed by atoms with van der Waals surface area (Å²) >= 11 is 5.93. The summed E-state index contributed by atoms with van der Waals surface area (Å²) in [4.78, 5) is 20.3. The molecule has 0 fully saturated rings. The van der Waals surface area contributed by atoms with Crippen LogP contribution in [0.1, 0.15) is 5.56 Å². The van der Waals surface area contributed by atoms with E-state index in [0.29, 0.717) is 16.8 Å². The zero-order chi connectivity index (χ0) is 23.0. The molecule has 0 unspecified atom stereocenters. The predicted molar refractivity (Wildman–Crippen MR) is 118 cm³/mol. The zero-order valence-corrected chi connectivity index (χ0v) is 18.4. The molecule has 1 aromatic carbocycles. The highest BCUT2D eigenvalue weighted by molar-refractivity contribution is 7.92. The van der Waals surface area contributed by atoms with Gasteiger partial charge in [0.1, 0.15) is 22.0 Å². The smallest absolute Gasteiger partial charge is 0.263 e. The van der Waals surface area contributed by atoms with Gasteiger partial charge in [-0.25, -0.2) is 22.8 Å². The van der Waals surface area contributed by atoms with Gasteiger partial charge in [-0.05, 0) is 42.8 Å². The Morgan fingerprint density at radius 1 is 1.16 bits per heavy atom. The monoisotopic (exact) mass is 474 g/mol. The van der Waals surface area contributed by atoms with Crippen LogP contribution in [0.15, 0.2) is 64.7 Å². The van der Waals surface area contributed by atoms with Crippen molar-refractivity contribution >= 4 is 33.0 Å². The zero-order valence-electron chi connectivity index (χ0n) is 16.8. The number of ether oxygens (including phenoxy) is 1. The highest BCUT2D eigenvalue weighted by Gasteiger charge is 2.21. The van der Waals surface area contributed by atoms with Crippen LogP contribution in [0.3, 0.4) is 0 Å². The van der Waals surface area contributed by atoms with Crippen molar-refractivity contribution in [1.29, 1.82) is 0 Å². The van der Waals surface area contributed by atoms with Gasteiger partial charge in [-0.2, -0.15) is 0 Å². The van der Waals surface area contributed by atoms with Crippen LogP contribution >= 0.6 is 11.6 Å². The molecular formula is C21H16ClFN4O4S. The van der Waals surface area contributed by atoms with Crippen molar-refractivity contribution in [2.75, 3.05) is 11.8 Å². The molecule has 0 radical (unpaired) electrons. The normalized spacial score (nSPS) is 11.5. The second kappa shape index (κ2) is 8.21. The lowest BCUT2D eigenvalue weighted by atomic mass is 10.0. The third-order valence-electron chi connectivity index (χ3n) is 4.72. The minimum atomic E-state index is -4.18. The summed E-state index contributed by atoms with van der Waals surface area (Å²) in [6.45, 7) is 1.83. The number of methoxy groups -OCH3 is 1. The molecule has 0 spiro atoms. The van der Waals surface area contributed by atoms with Crippen molar-refractivity contribution in [2.24, 2.45) is 0 Å². The van der Waals surface area contributed by atoms with Crippen LogP contribution in [-0.4, -0.2) is 29.9 Å². The summed E-state index contributed by atoms with van der Waals surface area (Å²) in [5.41, 5.74) is 2.23. The summed E-state index contributed by atoms with van der Waals surface area (Å²) in [5, 5.41) is -0.266. The van der Waals surface area contributed by atoms with Crippen LogP contribution in [-0.2, 0) is 10.0 Å². The summed E-state index contributed by atoms with van der Waals surface area (Å²) in [7, 11) is -2.83. The number of hydrogen-bond acceptors (Lipinski definition) is 6. The van der Waals surface area contributed by atoms with E-state index < -0.39 is 15.8 Å². The largest absolute Gasteiger partial charge is 0.480 e. The number of aromatic nitrogens is 3. The molecule has 164 valence electrons. The summed E-state index contributed by atoms with van der Waals surface area (Å²) in [5.74, 6) is -0.639. The van der Waals surface area contributed by atoms with Crippen LogP contribution in [0.5, 0.6) is 5.88 Å². The second-order valence-electron chi connectivity index (χ2n) is 6.84. The van der Waals surface area contributed by atoms with Crippen molar-refractivity contribution in [3.05, 3.63) is 81.7 Å². The Bertz CT molecular complexity index is 1520. The Hall–Kier alpha value is -3.50. The van der Waals surface area contributed by atoms with E-state index in [1.165, 1.54) is 36.0 Å². The average Bonchev–Trinajstić information content (AvgIpc) is 2.73. The highest BCUT2D eigenvalue weighted by Crippen LogP contribution is 2.32. The topological polar surface area (TPSA) is 103 Å². The molecule has 0 aliphatic heterocycles. The molecule has 8 nitrogen and oxygen atoms in total. The van der Waals surface area contributed by atoms with Gasteiger partial charge in [-0.1, -0.05) is 11.6 Å². The number of anilines is 1. The Balaban J connectivity index is 1.82. The molecule has 3 heterocycles. The molecule has 0 atom stereocenters. The number of aryl methyl sites for hydroxylation is 1. The summed E-state index contributed by atoms with van der Waals surface area (Å²) in [6.07, 6.45) is 4.54. The van der Waals surface area contributed by atoms with Crippen molar-refractivity contribution in [3.8, 4) is 17.0 Å². The Kier molecular flexibility index (Phi) is 5.57. The van der Waals surface area contributed by atoms with E-state index in [0.717, 1.165) is 23.8 Å². The molecule has 4 rings (SSSR count). The molecule has 4 aromatic rings. The van der Waals surface area contributed by atoms with E-state index in [1.807, 2.05) is 6.92 Å². The summed E-state index contributed by atoms with van der Waals surface area (Å²) < 4.78 is 48.1. The van der Waals surface area contributed by atoms with Gasteiger partial charge in [0.2, 0.25) is 5.88 Å². The minimum Gasteiger partial charge on any atom is -0.480 e. The Morgan fingerprint density at radius 3 is 2.66 bits per heavy atom. The molecular weight excluding hydrogens is 459 g/mol. The van der Waals surface area contributed by atoms with Crippen molar-refractivity contribution < 1.29 is 17.5 Å². The van der Waals surface area contributed by atoms with E-state index >= 15 is 0 Å². The number of nitrogens with zero attached hydrogens (tertiary/aromatic N) is 3. The van der Waals surface area contributed by atoms with E-state index in [2.05, 4.69) is 14.7 Å². The van der Waals surface area contributed by atoms with E-state index in [4.69, 9.17) is 16.3 Å². The van der Waals surface area contributed by atoms with E-state index in [-0.39, 0.29) is 27.0 Å². The van der Waals surface area contributed by atoms with Gasteiger partial charge >= 0.3 is 0 Å². The van der Waals surface area contributed by atoms with Crippen LogP contribution in [0.2, 0.25) is 5.02 Å². The molecule has 0 aliphatic rings. The van der Waals surface area contributed by atoms with E-state index in [9.17, 15) is 17.6 Å². The number of hydrogen-bond donors (Lipinski definition) is 1. The molecule has 0 aliphatic carbocycles. The summed E-state index contributed by atoms with van der Waals surface area (Å²) in [6, 6.07) is 7.57. The number of halogens is 2. The lowest BCUT2D eigenvalue weighted by Gasteiger charge is -2.14. The number of benzene rings is 1. The lowest BCUT2D eigenvalue weighted by molar-refractivity contribution is 0.400. The third kappa shape index (κ3) is 4.02. The number of rotatable bonds is 5. The highest BCUT2D eigenvalue weighted by atomic mass is 35.5. The first-order chi connectivity index (χ1) is 15.2. The SMILES string of the molecule is COc1ncc(-c2cn3c(=O)ccnc3cc2C)cc1NS(=O)(=O)c1ccc(F)cc1Cl. The lowest BCUT2D eigenvalue weighted by Crippen LogP contribution is -2.15.